The Labute approximate surface area is 171 Å². The number of aliphatic hydroxyl groups excluding tert-OH is 1. The fourth-order valence-corrected chi connectivity index (χ4v) is 4.70. The normalized spacial score (nSPS) is 28.3. The van der Waals surface area contributed by atoms with Crippen LogP contribution in [0.25, 0.3) is 17.0 Å². The highest BCUT2D eigenvalue weighted by molar-refractivity contribution is 7.99. The van der Waals surface area contributed by atoms with Crippen molar-refractivity contribution in [2.24, 2.45) is 0 Å². The lowest BCUT2D eigenvalue weighted by atomic mass is 10.2. The standard InChI is InChI=1S/C18H23N7O3S/c1-4-7-29-17-20-15(24-6-5-19-9-24)12-16(21-17)25(23-22-12)10-8-11(26)14-13(10)27-18(2,3)28-14/h5-6,9-11,13-14,26H,4,7-8H2,1-3H3/t10-,11+,13+,14-/m1/s1. The van der Waals surface area contributed by atoms with Crippen molar-refractivity contribution < 1.29 is 14.6 Å². The van der Waals surface area contributed by atoms with Gasteiger partial charge in [-0.05, 0) is 20.3 Å². The van der Waals surface area contributed by atoms with Gasteiger partial charge in [-0.2, -0.15) is 0 Å². The van der Waals surface area contributed by atoms with Gasteiger partial charge in [0.2, 0.25) is 0 Å². The number of fused-ring (bicyclic) bond motifs is 2. The van der Waals surface area contributed by atoms with E-state index >= 15 is 0 Å². The van der Waals surface area contributed by atoms with Crippen molar-refractivity contribution in [3.05, 3.63) is 18.7 Å². The molecule has 1 N–H and O–H groups in total. The van der Waals surface area contributed by atoms with Crippen molar-refractivity contribution >= 4 is 22.9 Å². The van der Waals surface area contributed by atoms with Crippen LogP contribution in [0.1, 0.15) is 39.7 Å². The van der Waals surface area contributed by atoms with Crippen molar-refractivity contribution in [3.8, 4) is 5.82 Å². The van der Waals surface area contributed by atoms with Crippen LogP contribution in [0.4, 0.5) is 0 Å². The van der Waals surface area contributed by atoms with Gasteiger partial charge in [0.05, 0.1) is 12.1 Å². The maximum absolute atomic E-state index is 10.5. The average Bonchev–Trinajstić information content (AvgIpc) is 3.45. The third-order valence-electron chi connectivity index (χ3n) is 5.19. The second-order valence-corrected chi connectivity index (χ2v) is 8.85. The second-order valence-electron chi connectivity index (χ2n) is 7.79. The molecule has 4 atom stereocenters. The van der Waals surface area contributed by atoms with Gasteiger partial charge < -0.3 is 14.6 Å². The van der Waals surface area contributed by atoms with Gasteiger partial charge in [0, 0.05) is 24.6 Å². The number of nitrogens with zero attached hydrogens (tertiary/aromatic N) is 7. The zero-order chi connectivity index (χ0) is 20.2. The van der Waals surface area contributed by atoms with Crippen LogP contribution < -0.4 is 0 Å². The first-order chi connectivity index (χ1) is 14.0. The molecule has 3 aromatic rings. The topological polar surface area (TPSA) is 113 Å². The zero-order valence-electron chi connectivity index (χ0n) is 16.5. The summed E-state index contributed by atoms with van der Waals surface area (Å²) in [5.41, 5.74) is 1.20. The molecular weight excluding hydrogens is 394 g/mol. The number of imidazole rings is 1. The van der Waals surface area contributed by atoms with E-state index in [9.17, 15) is 5.11 Å². The number of ether oxygens (including phenoxy) is 2. The molecule has 29 heavy (non-hydrogen) atoms. The summed E-state index contributed by atoms with van der Waals surface area (Å²) in [5.74, 6) is 0.801. The number of hydrogen-bond acceptors (Lipinski definition) is 9. The summed E-state index contributed by atoms with van der Waals surface area (Å²) >= 11 is 1.59. The predicted octanol–water partition coefficient (Wildman–Crippen LogP) is 1.73. The van der Waals surface area contributed by atoms with Gasteiger partial charge in [-0.3, -0.25) is 4.57 Å². The summed E-state index contributed by atoms with van der Waals surface area (Å²) < 4.78 is 15.6. The van der Waals surface area contributed by atoms with Crippen molar-refractivity contribution in [2.45, 2.75) is 68.9 Å². The molecule has 0 radical (unpaired) electrons. The predicted molar refractivity (Wildman–Crippen MR) is 105 cm³/mol. The molecule has 2 aliphatic rings. The van der Waals surface area contributed by atoms with E-state index < -0.39 is 18.0 Å². The lowest BCUT2D eigenvalue weighted by molar-refractivity contribution is -0.165. The molecule has 1 aliphatic heterocycles. The highest BCUT2D eigenvalue weighted by Crippen LogP contribution is 2.44. The van der Waals surface area contributed by atoms with Gasteiger partial charge in [-0.25, -0.2) is 19.6 Å². The van der Waals surface area contributed by atoms with Crippen LogP contribution in [0.5, 0.6) is 0 Å². The van der Waals surface area contributed by atoms with Gasteiger partial charge in [0.25, 0.3) is 0 Å². The minimum absolute atomic E-state index is 0.226. The van der Waals surface area contributed by atoms with Crippen LogP contribution in [0.2, 0.25) is 0 Å². The minimum atomic E-state index is -0.746. The van der Waals surface area contributed by atoms with E-state index in [2.05, 4.69) is 27.2 Å². The van der Waals surface area contributed by atoms with Crippen LogP contribution in [-0.2, 0) is 9.47 Å². The summed E-state index contributed by atoms with van der Waals surface area (Å²) in [6.07, 6.45) is 5.34. The van der Waals surface area contributed by atoms with Crippen LogP contribution >= 0.6 is 11.8 Å². The van der Waals surface area contributed by atoms with Gasteiger partial charge in [-0.15, -0.1) is 5.10 Å². The third kappa shape index (κ3) is 3.21. The summed E-state index contributed by atoms with van der Waals surface area (Å²) in [4.78, 5) is 13.5. The first-order valence-corrected chi connectivity index (χ1v) is 10.7. The molecule has 5 rings (SSSR count). The molecule has 0 bridgehead atoms. The fraction of sp³-hybridized carbons (Fsp3) is 0.611. The number of rotatable bonds is 5. The van der Waals surface area contributed by atoms with E-state index in [0.717, 1.165) is 12.2 Å². The molecule has 2 fully saturated rings. The lowest BCUT2D eigenvalue weighted by Crippen LogP contribution is -2.29. The lowest BCUT2D eigenvalue weighted by Gasteiger charge is -2.22. The maximum Gasteiger partial charge on any atom is 0.191 e. The van der Waals surface area contributed by atoms with E-state index in [1.54, 1.807) is 29.0 Å². The Morgan fingerprint density at radius 2 is 2.10 bits per heavy atom. The molecule has 3 aromatic heterocycles. The highest BCUT2D eigenvalue weighted by atomic mass is 32.2. The fourth-order valence-electron chi connectivity index (χ4n) is 4.01. The van der Waals surface area contributed by atoms with E-state index in [1.165, 1.54) is 0 Å². The average molecular weight is 417 g/mol. The Kier molecular flexibility index (Phi) is 4.57. The van der Waals surface area contributed by atoms with Crippen LogP contribution in [0, 0.1) is 0 Å². The molecule has 1 saturated carbocycles. The van der Waals surface area contributed by atoms with E-state index in [1.807, 2.05) is 24.6 Å². The summed E-state index contributed by atoms with van der Waals surface area (Å²) in [6, 6.07) is -0.226. The van der Waals surface area contributed by atoms with Gasteiger partial charge in [0.1, 0.15) is 18.5 Å². The van der Waals surface area contributed by atoms with Crippen molar-refractivity contribution in [3.63, 3.8) is 0 Å². The van der Waals surface area contributed by atoms with Crippen LogP contribution in [-0.4, -0.2) is 69.5 Å². The maximum atomic E-state index is 10.5. The summed E-state index contributed by atoms with van der Waals surface area (Å²) in [5, 5.41) is 19.9. The number of aromatic nitrogens is 7. The molecular formula is C18H23N7O3S. The smallest absolute Gasteiger partial charge is 0.191 e. The van der Waals surface area contributed by atoms with Gasteiger partial charge >= 0.3 is 0 Å². The monoisotopic (exact) mass is 417 g/mol. The Hall–Kier alpha value is -2.08. The van der Waals surface area contributed by atoms with Gasteiger partial charge in [0.15, 0.2) is 27.9 Å². The molecule has 4 heterocycles. The van der Waals surface area contributed by atoms with Crippen molar-refractivity contribution in [1.82, 2.24) is 34.5 Å². The minimum Gasteiger partial charge on any atom is -0.390 e. The molecule has 0 spiro atoms. The second kappa shape index (κ2) is 7.01. The van der Waals surface area contributed by atoms with Crippen molar-refractivity contribution in [2.75, 3.05) is 5.75 Å². The van der Waals surface area contributed by atoms with Crippen molar-refractivity contribution in [1.29, 1.82) is 0 Å². The first kappa shape index (κ1) is 18.9. The van der Waals surface area contributed by atoms with E-state index in [4.69, 9.17) is 14.5 Å². The van der Waals surface area contributed by atoms with Crippen LogP contribution in [0.3, 0.4) is 0 Å². The molecule has 11 heteroatoms. The Balaban J connectivity index is 1.61. The van der Waals surface area contributed by atoms with E-state index in [0.29, 0.717) is 28.6 Å². The number of hydrogen-bond donors (Lipinski definition) is 1. The molecule has 0 aromatic carbocycles. The molecule has 154 valence electrons. The summed E-state index contributed by atoms with van der Waals surface area (Å²) in [7, 11) is 0. The molecule has 1 aliphatic carbocycles. The third-order valence-corrected chi connectivity index (χ3v) is 6.24. The first-order valence-electron chi connectivity index (χ1n) is 9.74. The zero-order valence-corrected chi connectivity index (χ0v) is 17.3. The molecule has 10 nitrogen and oxygen atoms in total. The molecule has 0 unspecified atom stereocenters. The number of thioether (sulfide) groups is 1. The summed E-state index contributed by atoms with van der Waals surface area (Å²) in [6.45, 7) is 5.83. The molecule has 0 amide bonds. The Bertz CT molecular complexity index is 1020. The Morgan fingerprint density at radius 1 is 1.28 bits per heavy atom. The number of aliphatic hydroxyl groups is 1. The Morgan fingerprint density at radius 3 is 2.86 bits per heavy atom. The SMILES string of the molecule is CCCSc1nc(-n2ccnc2)c2nnn([C@@H]3C[C@H](O)[C@H]4OC(C)(C)O[C@H]43)c2n1. The van der Waals surface area contributed by atoms with Gasteiger partial charge in [-0.1, -0.05) is 23.9 Å². The highest BCUT2D eigenvalue weighted by Gasteiger charge is 2.55. The quantitative estimate of drug-likeness (QED) is 0.490. The van der Waals surface area contributed by atoms with E-state index in [-0.39, 0.29) is 12.1 Å². The molecule has 1 saturated heterocycles. The van der Waals surface area contributed by atoms with Crippen LogP contribution in [0.15, 0.2) is 23.9 Å². The largest absolute Gasteiger partial charge is 0.390 e.